The Bertz CT molecular complexity index is 96.7. The number of rotatable bonds is 3. The van der Waals surface area contributed by atoms with Gasteiger partial charge in [-0.2, -0.15) is 0 Å². The second-order valence-electron chi connectivity index (χ2n) is 1.48. The van der Waals surface area contributed by atoms with Crippen molar-refractivity contribution in [1.82, 2.24) is 0 Å². The van der Waals surface area contributed by atoms with Crippen molar-refractivity contribution >= 4 is 12.6 Å². The molecule has 0 bridgehead atoms. The Morgan fingerprint density at radius 1 is 1.62 bits per heavy atom. The van der Waals surface area contributed by atoms with Crippen LogP contribution in [0, 0.1) is 0 Å². The smallest absolute Gasteiger partial charge is 0.0106 e. The molecule has 0 fully saturated rings. The molecule has 0 spiro atoms. The summed E-state index contributed by atoms with van der Waals surface area (Å²) in [5.41, 5.74) is 5.17. The summed E-state index contributed by atoms with van der Waals surface area (Å²) in [6.07, 6.45) is 4.66. The quantitative estimate of drug-likeness (QED) is 0.436. The van der Waals surface area contributed by atoms with Crippen LogP contribution in [0.1, 0.15) is 6.42 Å². The minimum atomic E-state index is 0.598. The van der Waals surface area contributed by atoms with Crippen LogP contribution < -0.4 is 5.73 Å². The van der Waals surface area contributed by atoms with Crippen molar-refractivity contribution in [2.24, 2.45) is 5.73 Å². The normalized spacial score (nSPS) is 10.2. The summed E-state index contributed by atoms with van der Waals surface area (Å²) < 4.78 is 0. The number of hydrogen-bond donors (Lipinski definition) is 2. The Morgan fingerprint density at radius 3 is 2.62 bits per heavy atom. The van der Waals surface area contributed by atoms with Crippen molar-refractivity contribution in [2.75, 3.05) is 6.54 Å². The molecule has 0 amide bonds. The first-order chi connectivity index (χ1) is 3.77. The van der Waals surface area contributed by atoms with Gasteiger partial charge in [0.25, 0.3) is 0 Å². The van der Waals surface area contributed by atoms with E-state index < -0.39 is 0 Å². The predicted octanol–water partition coefficient (Wildman–Crippen LogP) is 1.33. The minimum Gasteiger partial charge on any atom is -0.327 e. The van der Waals surface area contributed by atoms with E-state index in [1.165, 1.54) is 0 Å². The Hall–Kier alpha value is -0.210. The molecule has 2 heteroatoms. The van der Waals surface area contributed by atoms with E-state index in [1.807, 2.05) is 12.2 Å². The van der Waals surface area contributed by atoms with E-state index in [4.69, 9.17) is 5.73 Å². The van der Waals surface area contributed by atoms with Crippen LogP contribution in [0.4, 0.5) is 0 Å². The number of allylic oxidation sites excluding steroid dienone is 2. The second kappa shape index (κ2) is 4.94. The number of nitrogens with two attached hydrogens (primary N) is 1. The average molecular weight is 129 g/mol. The Labute approximate surface area is 55.7 Å². The standard InChI is InChI=1S/C6H11NS/c1-6(8)4-2-3-5-7/h2-3,8H,1,4-5,7H2/b3-2-. The summed E-state index contributed by atoms with van der Waals surface area (Å²) in [5.74, 6) is 0. The molecule has 0 aromatic heterocycles. The highest BCUT2D eigenvalue weighted by Crippen LogP contribution is 2.01. The molecule has 2 N–H and O–H groups in total. The van der Waals surface area contributed by atoms with Crippen molar-refractivity contribution < 1.29 is 0 Å². The molecule has 0 aromatic rings. The van der Waals surface area contributed by atoms with Gasteiger partial charge in [0.15, 0.2) is 0 Å². The lowest BCUT2D eigenvalue weighted by Crippen LogP contribution is -1.91. The van der Waals surface area contributed by atoms with Gasteiger partial charge in [0, 0.05) is 6.54 Å². The van der Waals surface area contributed by atoms with Gasteiger partial charge in [0.1, 0.15) is 0 Å². The first kappa shape index (κ1) is 7.79. The minimum absolute atomic E-state index is 0.598. The maximum Gasteiger partial charge on any atom is 0.0106 e. The summed E-state index contributed by atoms with van der Waals surface area (Å²) >= 11 is 3.98. The van der Waals surface area contributed by atoms with Crippen LogP contribution in [0.25, 0.3) is 0 Å². The van der Waals surface area contributed by atoms with Crippen molar-refractivity contribution in [2.45, 2.75) is 6.42 Å². The molecule has 0 heterocycles. The SMILES string of the molecule is C=C(S)C/C=C\CN. The molecule has 0 aliphatic rings. The second-order valence-corrected chi connectivity index (χ2v) is 2.11. The lowest BCUT2D eigenvalue weighted by molar-refractivity contribution is 1.23. The lowest BCUT2D eigenvalue weighted by atomic mass is 10.4. The molecule has 0 atom stereocenters. The highest BCUT2D eigenvalue weighted by atomic mass is 32.1. The van der Waals surface area contributed by atoms with Crippen LogP contribution in [0.2, 0.25) is 0 Å². The van der Waals surface area contributed by atoms with Crippen LogP contribution in [-0.4, -0.2) is 6.54 Å². The predicted molar refractivity (Wildman–Crippen MR) is 40.9 cm³/mol. The maximum absolute atomic E-state index is 5.17. The maximum atomic E-state index is 5.17. The highest BCUT2D eigenvalue weighted by Gasteiger charge is 1.76. The molecule has 0 radical (unpaired) electrons. The summed E-state index contributed by atoms with van der Waals surface area (Å²) in [6.45, 7) is 4.20. The van der Waals surface area contributed by atoms with Crippen molar-refractivity contribution in [1.29, 1.82) is 0 Å². The van der Waals surface area contributed by atoms with Gasteiger partial charge in [-0.05, 0) is 11.3 Å². The monoisotopic (exact) mass is 129 g/mol. The van der Waals surface area contributed by atoms with Gasteiger partial charge in [-0.3, -0.25) is 0 Å². The van der Waals surface area contributed by atoms with E-state index >= 15 is 0 Å². The zero-order chi connectivity index (χ0) is 6.41. The zero-order valence-corrected chi connectivity index (χ0v) is 5.70. The molecule has 8 heavy (non-hydrogen) atoms. The number of hydrogen-bond acceptors (Lipinski definition) is 2. The Kier molecular flexibility index (Phi) is 4.81. The molecule has 46 valence electrons. The van der Waals surface area contributed by atoms with Gasteiger partial charge in [-0.1, -0.05) is 18.7 Å². The van der Waals surface area contributed by atoms with E-state index in [0.717, 1.165) is 11.3 Å². The molecular weight excluding hydrogens is 118 g/mol. The van der Waals surface area contributed by atoms with Crippen LogP contribution in [-0.2, 0) is 0 Å². The number of thiol groups is 1. The fraction of sp³-hybridized carbons (Fsp3) is 0.333. The van der Waals surface area contributed by atoms with Crippen molar-refractivity contribution in [3.63, 3.8) is 0 Å². The molecule has 0 aliphatic carbocycles. The van der Waals surface area contributed by atoms with E-state index in [1.54, 1.807) is 0 Å². The summed E-state index contributed by atoms with van der Waals surface area (Å²) in [6, 6.07) is 0. The van der Waals surface area contributed by atoms with Gasteiger partial charge in [0.2, 0.25) is 0 Å². The fourth-order valence-electron chi connectivity index (χ4n) is 0.316. The topological polar surface area (TPSA) is 26.0 Å². The highest BCUT2D eigenvalue weighted by molar-refractivity contribution is 7.84. The summed E-state index contributed by atoms with van der Waals surface area (Å²) in [7, 11) is 0. The molecule has 0 unspecified atom stereocenters. The van der Waals surface area contributed by atoms with E-state index in [-0.39, 0.29) is 0 Å². The van der Waals surface area contributed by atoms with Crippen LogP contribution in [0.15, 0.2) is 23.6 Å². The van der Waals surface area contributed by atoms with Crippen molar-refractivity contribution in [3.05, 3.63) is 23.6 Å². The third-order valence-corrected chi connectivity index (χ3v) is 0.839. The van der Waals surface area contributed by atoms with Crippen molar-refractivity contribution in [3.8, 4) is 0 Å². The Morgan fingerprint density at radius 2 is 2.25 bits per heavy atom. The average Bonchev–Trinajstić information content (AvgIpc) is 1.66. The molecule has 0 aromatic carbocycles. The summed E-state index contributed by atoms with van der Waals surface area (Å²) in [4.78, 5) is 0.870. The fourth-order valence-corrected chi connectivity index (χ4v) is 0.421. The van der Waals surface area contributed by atoms with E-state index in [9.17, 15) is 0 Å². The van der Waals surface area contributed by atoms with Crippen LogP contribution >= 0.6 is 12.6 Å². The third-order valence-electron chi connectivity index (χ3n) is 0.656. The molecule has 0 aliphatic heterocycles. The van der Waals surface area contributed by atoms with Gasteiger partial charge >= 0.3 is 0 Å². The van der Waals surface area contributed by atoms with Crippen LogP contribution in [0.5, 0.6) is 0 Å². The van der Waals surface area contributed by atoms with E-state index in [0.29, 0.717) is 6.54 Å². The van der Waals surface area contributed by atoms with Gasteiger partial charge in [-0.15, -0.1) is 12.6 Å². The van der Waals surface area contributed by atoms with Gasteiger partial charge in [0.05, 0.1) is 0 Å². The Balaban J connectivity index is 3.16. The first-order valence-electron chi connectivity index (χ1n) is 2.49. The van der Waals surface area contributed by atoms with Gasteiger partial charge < -0.3 is 5.73 Å². The molecule has 0 rings (SSSR count). The molecular formula is C6H11NS. The van der Waals surface area contributed by atoms with Crippen LogP contribution in [0.3, 0.4) is 0 Å². The molecule has 1 nitrogen and oxygen atoms in total. The molecule has 0 saturated heterocycles. The molecule has 0 saturated carbocycles. The summed E-state index contributed by atoms with van der Waals surface area (Å²) in [5, 5.41) is 0. The first-order valence-corrected chi connectivity index (χ1v) is 2.94. The zero-order valence-electron chi connectivity index (χ0n) is 4.80. The van der Waals surface area contributed by atoms with Gasteiger partial charge in [-0.25, -0.2) is 0 Å². The van der Waals surface area contributed by atoms with E-state index in [2.05, 4.69) is 19.2 Å². The lowest BCUT2D eigenvalue weighted by Gasteiger charge is -1.85. The largest absolute Gasteiger partial charge is 0.327 e. The third kappa shape index (κ3) is 5.79.